The highest BCUT2D eigenvalue weighted by Gasteiger charge is 1.90. The van der Waals surface area contributed by atoms with Gasteiger partial charge in [-0.2, -0.15) is 5.26 Å². The highest BCUT2D eigenvalue weighted by Crippen LogP contribution is 1.78. The van der Waals surface area contributed by atoms with Crippen molar-refractivity contribution in [2.75, 3.05) is 46.9 Å². The predicted molar refractivity (Wildman–Crippen MR) is 52.5 cm³/mol. The van der Waals surface area contributed by atoms with Crippen LogP contribution in [0, 0.1) is 11.3 Å². The van der Waals surface area contributed by atoms with E-state index in [1.54, 1.807) is 0 Å². The summed E-state index contributed by atoms with van der Waals surface area (Å²) < 4.78 is 5.34. The van der Waals surface area contributed by atoms with Crippen LogP contribution in [0.25, 0.3) is 0 Å². The summed E-state index contributed by atoms with van der Waals surface area (Å²) in [5.74, 6) is 0. The van der Waals surface area contributed by atoms with Crippen LogP contribution in [-0.4, -0.2) is 51.8 Å². The molecule has 4 nitrogen and oxygen atoms in total. The van der Waals surface area contributed by atoms with Gasteiger partial charge in [-0.1, -0.05) is 0 Å². The van der Waals surface area contributed by atoms with Crippen LogP contribution in [0.2, 0.25) is 0 Å². The van der Waals surface area contributed by atoms with Crippen molar-refractivity contribution in [3.8, 4) is 6.07 Å². The summed E-state index contributed by atoms with van der Waals surface area (Å²) in [4.78, 5) is 2.09. The molecule has 76 valence electrons. The summed E-state index contributed by atoms with van der Waals surface area (Å²) in [6.45, 7) is 4.03. The fraction of sp³-hybridized carbons (Fsp3) is 0.889. The smallest absolute Gasteiger partial charge is 0.0635 e. The fourth-order valence-corrected chi connectivity index (χ4v) is 0.763. The zero-order chi connectivity index (χ0) is 9.94. The lowest BCUT2D eigenvalue weighted by molar-refractivity contribution is 0.119. The largest absolute Gasteiger partial charge is 0.379 e. The first-order valence-corrected chi connectivity index (χ1v) is 4.57. The molecule has 0 aromatic rings. The van der Waals surface area contributed by atoms with Crippen molar-refractivity contribution in [2.24, 2.45) is 0 Å². The maximum absolute atomic E-state index is 8.24. The van der Waals surface area contributed by atoms with Crippen molar-refractivity contribution in [3.63, 3.8) is 0 Å². The number of hydrogen-bond acceptors (Lipinski definition) is 4. The Kier molecular flexibility index (Phi) is 9.00. The number of likely N-dealkylation sites (N-methyl/N-ethyl adjacent to an activating group) is 1. The van der Waals surface area contributed by atoms with Crippen LogP contribution in [0.4, 0.5) is 0 Å². The Morgan fingerprint density at radius 2 is 2.08 bits per heavy atom. The van der Waals surface area contributed by atoms with Crippen LogP contribution < -0.4 is 5.32 Å². The van der Waals surface area contributed by atoms with E-state index in [2.05, 4.69) is 16.3 Å². The summed E-state index contributed by atoms with van der Waals surface area (Å²) in [5, 5.41) is 11.4. The van der Waals surface area contributed by atoms with Gasteiger partial charge in [0.2, 0.25) is 0 Å². The molecule has 13 heavy (non-hydrogen) atoms. The lowest BCUT2D eigenvalue weighted by Gasteiger charge is -2.09. The van der Waals surface area contributed by atoms with Gasteiger partial charge in [0.25, 0.3) is 0 Å². The number of ether oxygens (including phenoxy) is 1. The summed E-state index contributed by atoms with van der Waals surface area (Å²) in [6, 6.07) is 2.07. The molecular weight excluding hydrogens is 166 g/mol. The molecule has 0 atom stereocenters. The minimum atomic E-state index is 0.567. The summed E-state index contributed by atoms with van der Waals surface area (Å²) in [6.07, 6.45) is 0.567. The molecule has 0 bridgehead atoms. The highest BCUT2D eigenvalue weighted by molar-refractivity contribution is 4.69. The molecule has 0 amide bonds. The van der Waals surface area contributed by atoms with Crippen LogP contribution in [0.3, 0.4) is 0 Å². The van der Waals surface area contributed by atoms with Gasteiger partial charge in [0, 0.05) is 26.1 Å². The predicted octanol–water partition coefficient (Wildman–Crippen LogP) is 0.0679. The normalized spacial score (nSPS) is 10.3. The van der Waals surface area contributed by atoms with E-state index in [1.165, 1.54) is 0 Å². The number of hydrogen-bond donors (Lipinski definition) is 1. The number of nitrogens with zero attached hydrogens (tertiary/aromatic N) is 2. The minimum Gasteiger partial charge on any atom is -0.379 e. The Bertz CT molecular complexity index is 142. The van der Waals surface area contributed by atoms with Crippen LogP contribution in [0.1, 0.15) is 6.42 Å². The molecule has 0 radical (unpaired) electrons. The van der Waals surface area contributed by atoms with E-state index < -0.39 is 0 Å². The van der Waals surface area contributed by atoms with E-state index in [0.29, 0.717) is 6.42 Å². The second kappa shape index (κ2) is 9.46. The highest BCUT2D eigenvalue weighted by atomic mass is 16.5. The molecule has 0 unspecified atom stereocenters. The average Bonchev–Trinajstić information content (AvgIpc) is 2.09. The van der Waals surface area contributed by atoms with Crippen molar-refractivity contribution in [1.29, 1.82) is 5.26 Å². The van der Waals surface area contributed by atoms with Crippen LogP contribution in [-0.2, 0) is 4.74 Å². The third-order valence-electron chi connectivity index (χ3n) is 1.52. The molecule has 0 aliphatic carbocycles. The van der Waals surface area contributed by atoms with Crippen molar-refractivity contribution in [3.05, 3.63) is 0 Å². The van der Waals surface area contributed by atoms with E-state index in [9.17, 15) is 0 Å². The monoisotopic (exact) mass is 185 g/mol. The van der Waals surface area contributed by atoms with Crippen LogP contribution in [0.5, 0.6) is 0 Å². The second-order valence-electron chi connectivity index (χ2n) is 3.07. The standard InChI is InChI=1S/C9H19N3O/c1-12(2)7-9-13-8-6-11-5-3-4-10/h11H,3,5-9H2,1-2H3. The fourth-order valence-electron chi connectivity index (χ4n) is 0.763. The van der Waals surface area contributed by atoms with E-state index in [0.717, 1.165) is 32.8 Å². The molecule has 0 spiro atoms. The van der Waals surface area contributed by atoms with E-state index in [4.69, 9.17) is 10.00 Å². The zero-order valence-electron chi connectivity index (χ0n) is 8.55. The van der Waals surface area contributed by atoms with Gasteiger partial charge in [-0.15, -0.1) is 0 Å². The lowest BCUT2D eigenvalue weighted by Crippen LogP contribution is -2.23. The number of rotatable bonds is 8. The van der Waals surface area contributed by atoms with Gasteiger partial charge in [-0.25, -0.2) is 0 Å². The summed E-state index contributed by atoms with van der Waals surface area (Å²) in [7, 11) is 4.04. The van der Waals surface area contributed by atoms with Gasteiger partial charge >= 0.3 is 0 Å². The first-order chi connectivity index (χ1) is 6.27. The number of nitrogens with one attached hydrogen (secondary N) is 1. The molecule has 0 saturated carbocycles. The maximum Gasteiger partial charge on any atom is 0.0635 e. The summed E-state index contributed by atoms with van der Waals surface area (Å²) >= 11 is 0. The van der Waals surface area contributed by atoms with Crippen molar-refractivity contribution < 1.29 is 4.74 Å². The molecule has 4 heteroatoms. The molecule has 0 fully saturated rings. The topological polar surface area (TPSA) is 48.3 Å². The molecule has 0 saturated heterocycles. The quantitative estimate of drug-likeness (QED) is 0.544. The van der Waals surface area contributed by atoms with Gasteiger partial charge in [0.05, 0.1) is 19.3 Å². The lowest BCUT2D eigenvalue weighted by atomic mass is 10.4. The van der Waals surface area contributed by atoms with Gasteiger partial charge in [0.15, 0.2) is 0 Å². The van der Waals surface area contributed by atoms with Gasteiger partial charge in [-0.05, 0) is 14.1 Å². The van der Waals surface area contributed by atoms with E-state index in [-0.39, 0.29) is 0 Å². The molecule has 0 aliphatic heterocycles. The van der Waals surface area contributed by atoms with Crippen molar-refractivity contribution in [1.82, 2.24) is 10.2 Å². The zero-order valence-corrected chi connectivity index (χ0v) is 8.55. The number of nitriles is 1. The average molecular weight is 185 g/mol. The third kappa shape index (κ3) is 11.4. The molecule has 0 heterocycles. The van der Waals surface area contributed by atoms with Crippen molar-refractivity contribution >= 4 is 0 Å². The Morgan fingerprint density at radius 3 is 2.69 bits per heavy atom. The minimum absolute atomic E-state index is 0.567. The molecule has 1 N–H and O–H groups in total. The Hall–Kier alpha value is -0.630. The van der Waals surface area contributed by atoms with E-state index in [1.807, 2.05) is 14.1 Å². The molecule has 0 aliphatic rings. The Balaban J connectivity index is 2.88. The third-order valence-corrected chi connectivity index (χ3v) is 1.52. The molecule has 0 rings (SSSR count). The molecular formula is C9H19N3O. The van der Waals surface area contributed by atoms with Crippen LogP contribution in [0.15, 0.2) is 0 Å². The van der Waals surface area contributed by atoms with Gasteiger partial charge in [-0.3, -0.25) is 0 Å². The van der Waals surface area contributed by atoms with Gasteiger partial charge in [0.1, 0.15) is 0 Å². The maximum atomic E-state index is 8.24. The van der Waals surface area contributed by atoms with E-state index >= 15 is 0 Å². The first-order valence-electron chi connectivity index (χ1n) is 4.57. The van der Waals surface area contributed by atoms with Crippen LogP contribution >= 0.6 is 0 Å². The molecule has 0 aromatic carbocycles. The van der Waals surface area contributed by atoms with Crippen molar-refractivity contribution in [2.45, 2.75) is 6.42 Å². The Morgan fingerprint density at radius 1 is 1.31 bits per heavy atom. The molecule has 0 aromatic heterocycles. The first kappa shape index (κ1) is 12.4. The summed E-state index contributed by atoms with van der Waals surface area (Å²) in [5.41, 5.74) is 0. The van der Waals surface area contributed by atoms with Gasteiger partial charge < -0.3 is 15.0 Å². The Labute approximate surface area is 80.5 Å². The SMILES string of the molecule is CN(C)CCOCCNCCC#N. The second-order valence-corrected chi connectivity index (χ2v) is 3.07.